The summed E-state index contributed by atoms with van der Waals surface area (Å²) < 4.78 is 1.82. The molecule has 0 aromatic carbocycles. The molecule has 0 aliphatic carbocycles. The van der Waals surface area contributed by atoms with Crippen LogP contribution in [-0.2, 0) is 13.6 Å². The summed E-state index contributed by atoms with van der Waals surface area (Å²) in [5, 5.41) is 10.8. The van der Waals surface area contributed by atoms with Crippen LogP contribution in [0.1, 0.15) is 5.82 Å². The van der Waals surface area contributed by atoms with E-state index in [1.54, 1.807) is 12.5 Å². The number of hydrogen-bond donors (Lipinski definition) is 3. The maximum atomic E-state index is 5.23. The Balaban J connectivity index is 2.02. The van der Waals surface area contributed by atoms with Crippen molar-refractivity contribution in [1.82, 2.24) is 24.7 Å². The Morgan fingerprint density at radius 1 is 1.38 bits per heavy atom. The molecule has 8 heteroatoms. The number of hydrogen-bond acceptors (Lipinski definition) is 7. The van der Waals surface area contributed by atoms with Crippen LogP contribution in [0.15, 0.2) is 18.7 Å². The average molecular weight is 220 g/mol. The first kappa shape index (κ1) is 10.3. The molecule has 0 aliphatic heterocycles. The first-order valence-electron chi connectivity index (χ1n) is 4.65. The normalized spacial score (nSPS) is 10.1. The lowest BCUT2D eigenvalue weighted by Crippen LogP contribution is -2.11. The maximum Gasteiger partial charge on any atom is 0.160 e. The number of rotatable bonds is 4. The number of nitrogens with one attached hydrogen (secondary N) is 2. The van der Waals surface area contributed by atoms with Gasteiger partial charge in [-0.25, -0.2) is 10.8 Å². The minimum Gasteiger partial charge on any atom is -0.361 e. The lowest BCUT2D eigenvalue weighted by atomic mass is 10.5. The molecule has 8 nitrogen and oxygen atoms in total. The Hall–Kier alpha value is -2.22. The van der Waals surface area contributed by atoms with E-state index in [-0.39, 0.29) is 0 Å². The van der Waals surface area contributed by atoms with Gasteiger partial charge < -0.3 is 15.3 Å². The van der Waals surface area contributed by atoms with Gasteiger partial charge in [-0.2, -0.15) is 0 Å². The van der Waals surface area contributed by atoms with Crippen molar-refractivity contribution in [3.8, 4) is 0 Å². The number of nitrogen functional groups attached to an aromatic ring is 1. The minimum absolute atomic E-state index is 0.503. The average Bonchev–Trinajstić information content (AvgIpc) is 2.72. The highest BCUT2D eigenvalue weighted by molar-refractivity contribution is 5.40. The van der Waals surface area contributed by atoms with Gasteiger partial charge in [0.05, 0.1) is 18.9 Å². The molecule has 0 atom stereocenters. The fourth-order valence-corrected chi connectivity index (χ4v) is 1.16. The number of anilines is 2. The highest BCUT2D eigenvalue weighted by atomic mass is 15.3. The number of aromatic nitrogens is 5. The fourth-order valence-electron chi connectivity index (χ4n) is 1.16. The number of hydrazine groups is 1. The first-order valence-corrected chi connectivity index (χ1v) is 4.65. The largest absolute Gasteiger partial charge is 0.361 e. The van der Waals surface area contributed by atoms with Gasteiger partial charge in [-0.05, 0) is 0 Å². The van der Waals surface area contributed by atoms with Crippen LogP contribution in [0.25, 0.3) is 0 Å². The SMILES string of the molecule is Cn1cnnc1CNc1cncc(NN)n1. The summed E-state index contributed by atoms with van der Waals surface area (Å²) in [5.41, 5.74) is 2.43. The molecule has 2 heterocycles. The smallest absolute Gasteiger partial charge is 0.160 e. The maximum absolute atomic E-state index is 5.23. The molecule has 0 spiro atoms. The molecule has 2 rings (SSSR count). The van der Waals surface area contributed by atoms with Gasteiger partial charge in [0.15, 0.2) is 11.6 Å². The quantitative estimate of drug-likeness (QED) is 0.471. The number of nitrogens with zero attached hydrogens (tertiary/aromatic N) is 5. The molecule has 2 aromatic rings. The topological polar surface area (TPSA) is 107 Å². The van der Waals surface area contributed by atoms with E-state index in [2.05, 4.69) is 30.9 Å². The van der Waals surface area contributed by atoms with Crippen LogP contribution in [0.5, 0.6) is 0 Å². The van der Waals surface area contributed by atoms with Crippen molar-refractivity contribution in [2.45, 2.75) is 6.54 Å². The fraction of sp³-hybridized carbons (Fsp3) is 0.250. The summed E-state index contributed by atoms with van der Waals surface area (Å²) in [5.74, 6) is 7.17. The van der Waals surface area contributed by atoms with Crippen molar-refractivity contribution in [1.29, 1.82) is 0 Å². The van der Waals surface area contributed by atoms with E-state index in [0.29, 0.717) is 18.2 Å². The van der Waals surface area contributed by atoms with Gasteiger partial charge in [-0.15, -0.1) is 10.2 Å². The predicted octanol–water partition coefficient (Wildman–Crippen LogP) is -0.497. The molecule has 0 saturated carbocycles. The third-order valence-electron chi connectivity index (χ3n) is 2.02. The standard InChI is InChI=1S/C8H12N8/c1-16-5-12-15-8(16)4-11-6-2-10-3-7(13-6)14-9/h2-3,5H,4,9H2,1H3,(H2,11,13,14). The highest BCUT2D eigenvalue weighted by Gasteiger charge is 2.01. The summed E-state index contributed by atoms with van der Waals surface area (Å²) in [6, 6.07) is 0. The molecular weight excluding hydrogens is 208 g/mol. The van der Waals surface area contributed by atoms with Gasteiger partial charge in [0.1, 0.15) is 12.1 Å². The molecule has 16 heavy (non-hydrogen) atoms. The van der Waals surface area contributed by atoms with E-state index in [1.807, 2.05) is 11.6 Å². The van der Waals surface area contributed by atoms with Crippen LogP contribution >= 0.6 is 0 Å². The first-order chi connectivity index (χ1) is 7.79. The van der Waals surface area contributed by atoms with Crippen LogP contribution in [0.3, 0.4) is 0 Å². The zero-order valence-electron chi connectivity index (χ0n) is 8.75. The molecule has 0 amide bonds. The van der Waals surface area contributed by atoms with Crippen molar-refractivity contribution >= 4 is 11.6 Å². The monoisotopic (exact) mass is 220 g/mol. The molecule has 84 valence electrons. The second-order valence-electron chi connectivity index (χ2n) is 3.15. The van der Waals surface area contributed by atoms with Crippen LogP contribution < -0.4 is 16.6 Å². The van der Waals surface area contributed by atoms with E-state index in [9.17, 15) is 0 Å². The summed E-state index contributed by atoms with van der Waals surface area (Å²) in [4.78, 5) is 8.12. The molecule has 2 aromatic heterocycles. The van der Waals surface area contributed by atoms with Crippen molar-refractivity contribution in [3.05, 3.63) is 24.5 Å². The molecule has 0 unspecified atom stereocenters. The van der Waals surface area contributed by atoms with Gasteiger partial charge in [0.25, 0.3) is 0 Å². The van der Waals surface area contributed by atoms with Crippen molar-refractivity contribution < 1.29 is 0 Å². The third-order valence-corrected chi connectivity index (χ3v) is 2.02. The Labute approximate surface area is 91.9 Å². The molecule has 0 saturated heterocycles. The van der Waals surface area contributed by atoms with E-state index in [1.165, 1.54) is 6.20 Å². The van der Waals surface area contributed by atoms with Crippen LogP contribution in [0.2, 0.25) is 0 Å². The molecule has 0 radical (unpaired) electrons. The Kier molecular flexibility index (Phi) is 2.92. The highest BCUT2D eigenvalue weighted by Crippen LogP contribution is 2.06. The predicted molar refractivity (Wildman–Crippen MR) is 58.2 cm³/mol. The molecule has 0 bridgehead atoms. The third kappa shape index (κ3) is 2.23. The Morgan fingerprint density at radius 2 is 2.19 bits per heavy atom. The zero-order chi connectivity index (χ0) is 11.4. The van der Waals surface area contributed by atoms with Crippen molar-refractivity contribution in [2.75, 3.05) is 10.7 Å². The van der Waals surface area contributed by atoms with Crippen LogP contribution in [-0.4, -0.2) is 24.7 Å². The second-order valence-corrected chi connectivity index (χ2v) is 3.15. The molecule has 0 aliphatic rings. The molecular formula is C8H12N8. The van der Waals surface area contributed by atoms with Gasteiger partial charge >= 0.3 is 0 Å². The number of nitrogens with two attached hydrogens (primary N) is 1. The summed E-state index contributed by atoms with van der Waals surface area (Å²) in [6.45, 7) is 0.527. The van der Waals surface area contributed by atoms with E-state index < -0.39 is 0 Å². The summed E-state index contributed by atoms with van der Waals surface area (Å²) in [7, 11) is 1.88. The lowest BCUT2D eigenvalue weighted by molar-refractivity contribution is 0.809. The number of aryl methyl sites for hydroxylation is 1. The van der Waals surface area contributed by atoms with E-state index in [0.717, 1.165) is 5.82 Å². The summed E-state index contributed by atoms with van der Waals surface area (Å²) >= 11 is 0. The summed E-state index contributed by atoms with van der Waals surface area (Å²) in [6.07, 6.45) is 4.78. The lowest BCUT2D eigenvalue weighted by Gasteiger charge is -2.05. The van der Waals surface area contributed by atoms with Crippen LogP contribution in [0.4, 0.5) is 11.6 Å². The molecule has 0 fully saturated rings. The van der Waals surface area contributed by atoms with Crippen molar-refractivity contribution in [3.63, 3.8) is 0 Å². The Morgan fingerprint density at radius 3 is 2.88 bits per heavy atom. The van der Waals surface area contributed by atoms with Gasteiger partial charge in [-0.3, -0.25) is 4.98 Å². The second kappa shape index (κ2) is 4.53. The zero-order valence-corrected chi connectivity index (χ0v) is 8.75. The van der Waals surface area contributed by atoms with Crippen molar-refractivity contribution in [2.24, 2.45) is 12.9 Å². The van der Waals surface area contributed by atoms with Gasteiger partial charge in [0, 0.05) is 7.05 Å². The molecule has 4 N–H and O–H groups in total. The minimum atomic E-state index is 0.503. The van der Waals surface area contributed by atoms with Gasteiger partial charge in [-0.1, -0.05) is 0 Å². The Bertz CT molecular complexity index is 465. The van der Waals surface area contributed by atoms with Gasteiger partial charge in [0.2, 0.25) is 0 Å². The van der Waals surface area contributed by atoms with Crippen LogP contribution in [0, 0.1) is 0 Å². The van der Waals surface area contributed by atoms with E-state index >= 15 is 0 Å². The van der Waals surface area contributed by atoms with E-state index in [4.69, 9.17) is 5.84 Å².